The monoisotopic (exact) mass is 376 g/mol. The molecule has 0 N–H and O–H groups in total. The van der Waals surface area contributed by atoms with Crippen molar-refractivity contribution < 1.29 is 14.3 Å². The van der Waals surface area contributed by atoms with Crippen molar-refractivity contribution in [1.29, 1.82) is 0 Å². The number of ether oxygens (including phenoxy) is 1. The maximum Gasteiger partial charge on any atom is 0.338 e. The van der Waals surface area contributed by atoms with Crippen LogP contribution in [0.15, 0.2) is 18.2 Å². The van der Waals surface area contributed by atoms with Crippen LogP contribution < -0.4 is 0 Å². The standard InChI is InChI=1S/C13H14Br2O3/c1-2-18-13(17)12-6-9(5-11(16)8-15)3-4-10(12)7-14/h3-4,6H,2,5,7-8H2,1H3. The molecule has 0 bridgehead atoms. The van der Waals surface area contributed by atoms with Crippen LogP contribution >= 0.6 is 31.9 Å². The third-order valence-corrected chi connectivity index (χ3v) is 3.59. The van der Waals surface area contributed by atoms with Crippen LogP contribution in [0.5, 0.6) is 0 Å². The molecule has 1 aromatic carbocycles. The van der Waals surface area contributed by atoms with Crippen molar-refractivity contribution in [3.05, 3.63) is 34.9 Å². The number of hydrogen-bond donors (Lipinski definition) is 0. The Morgan fingerprint density at radius 1 is 1.28 bits per heavy atom. The van der Waals surface area contributed by atoms with Gasteiger partial charge in [0.15, 0.2) is 0 Å². The van der Waals surface area contributed by atoms with E-state index in [0.717, 1.165) is 11.1 Å². The third kappa shape index (κ3) is 4.21. The molecule has 3 nitrogen and oxygen atoms in total. The lowest BCUT2D eigenvalue weighted by atomic mass is 10.0. The second kappa shape index (κ2) is 7.69. The van der Waals surface area contributed by atoms with E-state index in [1.165, 1.54) is 0 Å². The Morgan fingerprint density at radius 2 is 2.00 bits per heavy atom. The summed E-state index contributed by atoms with van der Waals surface area (Å²) in [4.78, 5) is 23.2. The van der Waals surface area contributed by atoms with Gasteiger partial charge in [-0.15, -0.1) is 0 Å². The molecule has 18 heavy (non-hydrogen) atoms. The highest BCUT2D eigenvalue weighted by Crippen LogP contribution is 2.17. The number of Topliss-reactive ketones (excluding diaryl/α,β-unsaturated/α-hetero) is 1. The van der Waals surface area contributed by atoms with E-state index in [2.05, 4.69) is 31.9 Å². The molecule has 0 aliphatic heterocycles. The number of carbonyl (C=O) groups excluding carboxylic acids is 2. The number of hydrogen-bond acceptors (Lipinski definition) is 3. The second-order valence-electron chi connectivity index (χ2n) is 3.69. The normalized spacial score (nSPS) is 10.2. The average Bonchev–Trinajstić information content (AvgIpc) is 2.38. The number of alkyl halides is 2. The molecule has 0 radical (unpaired) electrons. The van der Waals surface area contributed by atoms with Gasteiger partial charge in [-0.05, 0) is 24.1 Å². The van der Waals surface area contributed by atoms with Crippen LogP contribution in [-0.2, 0) is 21.3 Å². The molecule has 0 unspecified atom stereocenters. The highest BCUT2D eigenvalue weighted by molar-refractivity contribution is 9.09. The topological polar surface area (TPSA) is 43.4 Å². The van der Waals surface area contributed by atoms with Crippen LogP contribution in [0.1, 0.15) is 28.4 Å². The molecule has 0 spiro atoms. The van der Waals surface area contributed by atoms with Gasteiger partial charge in [-0.3, -0.25) is 4.79 Å². The fourth-order valence-corrected chi connectivity index (χ4v) is 2.21. The zero-order valence-corrected chi connectivity index (χ0v) is 13.2. The SMILES string of the molecule is CCOC(=O)c1cc(CC(=O)CBr)ccc1CBr. The molecule has 98 valence electrons. The Kier molecular flexibility index (Phi) is 6.57. The van der Waals surface area contributed by atoms with Crippen molar-refractivity contribution in [1.82, 2.24) is 0 Å². The van der Waals surface area contributed by atoms with Gasteiger partial charge >= 0.3 is 5.97 Å². The maximum absolute atomic E-state index is 11.8. The van der Waals surface area contributed by atoms with Crippen molar-refractivity contribution >= 4 is 43.6 Å². The number of rotatable bonds is 6. The largest absolute Gasteiger partial charge is 0.462 e. The fraction of sp³-hybridized carbons (Fsp3) is 0.385. The average molecular weight is 378 g/mol. The Labute approximate surface area is 123 Å². The first-order valence-electron chi connectivity index (χ1n) is 5.54. The van der Waals surface area contributed by atoms with E-state index in [0.29, 0.717) is 29.3 Å². The minimum absolute atomic E-state index is 0.0800. The van der Waals surface area contributed by atoms with Crippen LogP contribution in [0.2, 0.25) is 0 Å². The van der Waals surface area contributed by atoms with Gasteiger partial charge < -0.3 is 4.74 Å². The second-order valence-corrected chi connectivity index (χ2v) is 4.82. The highest BCUT2D eigenvalue weighted by atomic mass is 79.9. The van der Waals surface area contributed by atoms with Gasteiger partial charge in [-0.1, -0.05) is 44.0 Å². The van der Waals surface area contributed by atoms with E-state index in [1.54, 1.807) is 13.0 Å². The smallest absolute Gasteiger partial charge is 0.338 e. The van der Waals surface area contributed by atoms with Crippen molar-refractivity contribution in [2.45, 2.75) is 18.7 Å². The summed E-state index contributed by atoms with van der Waals surface area (Å²) >= 11 is 6.46. The van der Waals surface area contributed by atoms with Gasteiger partial charge in [-0.25, -0.2) is 4.79 Å². The Bertz CT molecular complexity index is 444. The molecular formula is C13H14Br2O3. The van der Waals surface area contributed by atoms with Gasteiger partial charge in [0, 0.05) is 11.8 Å². The lowest BCUT2D eigenvalue weighted by Crippen LogP contribution is -2.10. The van der Waals surface area contributed by atoms with E-state index in [1.807, 2.05) is 12.1 Å². The summed E-state index contributed by atoms with van der Waals surface area (Å²) in [6, 6.07) is 5.44. The Balaban J connectivity index is 3.01. The molecular weight excluding hydrogens is 364 g/mol. The first kappa shape index (κ1) is 15.4. The summed E-state index contributed by atoms with van der Waals surface area (Å²) in [6.07, 6.45) is 0.320. The molecule has 0 atom stereocenters. The molecule has 0 saturated carbocycles. The first-order valence-corrected chi connectivity index (χ1v) is 7.79. The van der Waals surface area contributed by atoms with E-state index in [4.69, 9.17) is 4.74 Å². The van der Waals surface area contributed by atoms with Crippen LogP contribution in [0.3, 0.4) is 0 Å². The molecule has 0 saturated heterocycles. The predicted molar refractivity (Wildman–Crippen MR) is 77.5 cm³/mol. The van der Waals surface area contributed by atoms with Crippen LogP contribution in [0.25, 0.3) is 0 Å². The van der Waals surface area contributed by atoms with Crippen molar-refractivity contribution in [2.24, 2.45) is 0 Å². The molecule has 0 heterocycles. The van der Waals surface area contributed by atoms with Crippen molar-refractivity contribution in [3.63, 3.8) is 0 Å². The summed E-state index contributed by atoms with van der Waals surface area (Å²) in [5, 5.41) is 0.899. The zero-order chi connectivity index (χ0) is 13.5. The molecule has 0 aromatic heterocycles. The minimum atomic E-state index is -0.347. The van der Waals surface area contributed by atoms with Gasteiger partial charge in [0.2, 0.25) is 0 Å². The van der Waals surface area contributed by atoms with E-state index in [9.17, 15) is 9.59 Å². The summed E-state index contributed by atoms with van der Waals surface area (Å²) in [7, 11) is 0. The molecule has 0 fully saturated rings. The van der Waals surface area contributed by atoms with Gasteiger partial charge in [-0.2, -0.15) is 0 Å². The first-order chi connectivity index (χ1) is 8.62. The molecule has 0 amide bonds. The van der Waals surface area contributed by atoms with Crippen LogP contribution in [-0.4, -0.2) is 23.7 Å². The maximum atomic E-state index is 11.8. The van der Waals surface area contributed by atoms with E-state index >= 15 is 0 Å². The summed E-state index contributed by atoms with van der Waals surface area (Å²) in [5.74, 6) is -0.267. The predicted octanol–water partition coefficient (Wildman–Crippen LogP) is 3.26. The van der Waals surface area contributed by atoms with Crippen LogP contribution in [0.4, 0.5) is 0 Å². The molecule has 0 aliphatic rings. The Hall–Kier alpha value is -0.680. The fourth-order valence-electron chi connectivity index (χ4n) is 1.52. The van der Waals surface area contributed by atoms with Gasteiger partial charge in [0.25, 0.3) is 0 Å². The van der Waals surface area contributed by atoms with Gasteiger partial charge in [0.05, 0.1) is 17.5 Å². The number of carbonyl (C=O) groups is 2. The molecule has 1 rings (SSSR count). The quantitative estimate of drug-likeness (QED) is 0.564. The van der Waals surface area contributed by atoms with Crippen LogP contribution in [0, 0.1) is 0 Å². The number of benzene rings is 1. The number of esters is 1. The lowest BCUT2D eigenvalue weighted by Gasteiger charge is -2.09. The Morgan fingerprint density at radius 3 is 2.56 bits per heavy atom. The number of halogens is 2. The van der Waals surface area contributed by atoms with Gasteiger partial charge in [0.1, 0.15) is 5.78 Å². The molecule has 0 aliphatic carbocycles. The zero-order valence-electron chi connectivity index (χ0n) is 10.0. The molecule has 1 aromatic rings. The van der Waals surface area contributed by atoms with Crippen molar-refractivity contribution in [2.75, 3.05) is 11.9 Å². The highest BCUT2D eigenvalue weighted by Gasteiger charge is 2.13. The van der Waals surface area contributed by atoms with Crippen molar-refractivity contribution in [3.8, 4) is 0 Å². The summed E-state index contributed by atoms with van der Waals surface area (Å²) in [5.41, 5.74) is 2.21. The third-order valence-electron chi connectivity index (χ3n) is 2.36. The van der Waals surface area contributed by atoms with E-state index < -0.39 is 0 Å². The minimum Gasteiger partial charge on any atom is -0.462 e. The summed E-state index contributed by atoms with van der Waals surface area (Å²) in [6.45, 7) is 2.11. The number of ketones is 1. The molecule has 5 heteroatoms. The summed E-state index contributed by atoms with van der Waals surface area (Å²) < 4.78 is 5.00. The lowest BCUT2D eigenvalue weighted by molar-refractivity contribution is -0.115. The van der Waals surface area contributed by atoms with E-state index in [-0.39, 0.29) is 11.8 Å².